The summed E-state index contributed by atoms with van der Waals surface area (Å²) >= 11 is 1.94. The Morgan fingerprint density at radius 1 is 1.28 bits per heavy atom. The lowest BCUT2D eigenvalue weighted by atomic mass is 9.90. The summed E-state index contributed by atoms with van der Waals surface area (Å²) in [6.45, 7) is 9.05. The summed E-state index contributed by atoms with van der Waals surface area (Å²) in [6, 6.07) is 7.29. The standard InChI is InChI=1S/C15H23NOS/c1-9(2)16-14-10(3)11(4)18-15-12(14)7-6-8-13(15)17-5/h6-11,14,16H,1-5H3. The highest BCUT2D eigenvalue weighted by Gasteiger charge is 2.33. The summed E-state index contributed by atoms with van der Waals surface area (Å²) in [5, 5.41) is 4.30. The van der Waals surface area contributed by atoms with Gasteiger partial charge in [0.05, 0.1) is 12.0 Å². The first-order valence-electron chi connectivity index (χ1n) is 6.64. The quantitative estimate of drug-likeness (QED) is 0.896. The first kappa shape index (κ1) is 13.8. The van der Waals surface area contributed by atoms with Gasteiger partial charge in [0.1, 0.15) is 5.75 Å². The molecule has 18 heavy (non-hydrogen) atoms. The molecule has 2 rings (SSSR count). The second kappa shape index (κ2) is 5.54. The molecule has 1 aliphatic rings. The molecule has 100 valence electrons. The number of benzene rings is 1. The molecule has 1 heterocycles. The molecule has 0 saturated heterocycles. The largest absolute Gasteiger partial charge is 0.496 e. The lowest BCUT2D eigenvalue weighted by Crippen LogP contribution is -2.38. The van der Waals surface area contributed by atoms with Crippen LogP contribution in [0.4, 0.5) is 0 Å². The Labute approximate surface area is 114 Å². The van der Waals surface area contributed by atoms with Gasteiger partial charge in [0.15, 0.2) is 0 Å². The van der Waals surface area contributed by atoms with E-state index in [1.165, 1.54) is 10.5 Å². The minimum absolute atomic E-state index is 0.423. The molecular formula is C15H23NOS. The van der Waals surface area contributed by atoms with Gasteiger partial charge in [0.2, 0.25) is 0 Å². The Kier molecular flexibility index (Phi) is 4.23. The molecular weight excluding hydrogens is 242 g/mol. The molecule has 3 unspecified atom stereocenters. The van der Waals surface area contributed by atoms with Crippen LogP contribution in [0.3, 0.4) is 0 Å². The van der Waals surface area contributed by atoms with Crippen LogP contribution < -0.4 is 10.1 Å². The van der Waals surface area contributed by atoms with Crippen molar-refractivity contribution < 1.29 is 4.74 Å². The predicted octanol–water partition coefficient (Wildman–Crippen LogP) is 3.86. The van der Waals surface area contributed by atoms with E-state index in [9.17, 15) is 0 Å². The first-order valence-corrected chi connectivity index (χ1v) is 7.52. The van der Waals surface area contributed by atoms with E-state index in [1.54, 1.807) is 7.11 Å². The van der Waals surface area contributed by atoms with Gasteiger partial charge >= 0.3 is 0 Å². The van der Waals surface area contributed by atoms with Gasteiger partial charge in [-0.3, -0.25) is 0 Å². The molecule has 0 fully saturated rings. The summed E-state index contributed by atoms with van der Waals surface area (Å²) in [4.78, 5) is 1.31. The fraction of sp³-hybridized carbons (Fsp3) is 0.600. The van der Waals surface area contributed by atoms with Crippen molar-refractivity contribution in [2.75, 3.05) is 7.11 Å². The molecule has 0 bridgehead atoms. The lowest BCUT2D eigenvalue weighted by molar-refractivity contribution is 0.340. The summed E-state index contributed by atoms with van der Waals surface area (Å²) in [5.74, 6) is 1.63. The van der Waals surface area contributed by atoms with E-state index in [4.69, 9.17) is 4.74 Å². The number of hydrogen-bond donors (Lipinski definition) is 1. The second-order valence-corrected chi connectivity index (χ2v) is 6.75. The fourth-order valence-corrected chi connectivity index (χ4v) is 3.85. The van der Waals surface area contributed by atoms with Gasteiger partial charge in [-0.2, -0.15) is 0 Å². The zero-order valence-corrected chi connectivity index (χ0v) is 12.7. The Morgan fingerprint density at radius 3 is 2.61 bits per heavy atom. The molecule has 1 aromatic rings. The van der Waals surface area contributed by atoms with Crippen molar-refractivity contribution in [3.8, 4) is 5.75 Å². The molecule has 3 atom stereocenters. The third-order valence-corrected chi connectivity index (χ3v) is 5.12. The second-order valence-electron chi connectivity index (χ2n) is 5.36. The summed E-state index contributed by atoms with van der Waals surface area (Å²) < 4.78 is 5.50. The highest BCUT2D eigenvalue weighted by molar-refractivity contribution is 8.00. The van der Waals surface area contributed by atoms with Crippen molar-refractivity contribution in [3.05, 3.63) is 23.8 Å². The third-order valence-electron chi connectivity index (χ3n) is 3.65. The number of rotatable bonds is 3. The van der Waals surface area contributed by atoms with E-state index in [1.807, 2.05) is 11.8 Å². The highest BCUT2D eigenvalue weighted by Crippen LogP contribution is 2.48. The van der Waals surface area contributed by atoms with Crippen molar-refractivity contribution in [1.29, 1.82) is 0 Å². The van der Waals surface area contributed by atoms with Crippen molar-refractivity contribution in [2.45, 2.75) is 49.9 Å². The van der Waals surface area contributed by atoms with Crippen LogP contribution in [-0.2, 0) is 0 Å². The molecule has 1 N–H and O–H groups in total. The normalized spacial score (nSPS) is 27.1. The van der Waals surface area contributed by atoms with Gasteiger partial charge in [0.25, 0.3) is 0 Å². The van der Waals surface area contributed by atoms with Crippen LogP contribution in [0.2, 0.25) is 0 Å². The van der Waals surface area contributed by atoms with E-state index >= 15 is 0 Å². The average Bonchev–Trinajstić information content (AvgIpc) is 2.34. The molecule has 0 amide bonds. The van der Waals surface area contributed by atoms with Crippen molar-refractivity contribution in [2.24, 2.45) is 5.92 Å². The topological polar surface area (TPSA) is 21.3 Å². The van der Waals surface area contributed by atoms with Gasteiger partial charge in [-0.1, -0.05) is 39.8 Å². The number of methoxy groups -OCH3 is 1. The number of fused-ring (bicyclic) bond motifs is 1. The molecule has 0 radical (unpaired) electrons. The van der Waals surface area contributed by atoms with Gasteiger partial charge in [0, 0.05) is 17.3 Å². The summed E-state index contributed by atoms with van der Waals surface area (Å²) in [6.07, 6.45) is 0. The maximum Gasteiger partial charge on any atom is 0.132 e. The minimum Gasteiger partial charge on any atom is -0.496 e. The monoisotopic (exact) mass is 265 g/mol. The van der Waals surface area contributed by atoms with E-state index in [-0.39, 0.29) is 0 Å². The van der Waals surface area contributed by atoms with Crippen LogP contribution in [-0.4, -0.2) is 18.4 Å². The average molecular weight is 265 g/mol. The van der Waals surface area contributed by atoms with Gasteiger partial charge in [-0.15, -0.1) is 11.8 Å². The fourth-order valence-electron chi connectivity index (χ4n) is 2.51. The van der Waals surface area contributed by atoms with Crippen LogP contribution >= 0.6 is 11.8 Å². The number of ether oxygens (including phenoxy) is 1. The summed E-state index contributed by atoms with van der Waals surface area (Å²) in [5.41, 5.74) is 1.39. The molecule has 3 heteroatoms. The molecule has 2 nitrogen and oxygen atoms in total. The van der Waals surface area contributed by atoms with E-state index < -0.39 is 0 Å². The van der Waals surface area contributed by atoms with Gasteiger partial charge < -0.3 is 10.1 Å². The van der Waals surface area contributed by atoms with E-state index in [0.29, 0.717) is 23.3 Å². The molecule has 0 aliphatic carbocycles. The van der Waals surface area contributed by atoms with Gasteiger partial charge in [-0.05, 0) is 17.5 Å². The zero-order chi connectivity index (χ0) is 13.3. The first-order chi connectivity index (χ1) is 8.54. The van der Waals surface area contributed by atoms with E-state index in [2.05, 4.69) is 51.2 Å². The molecule has 1 aromatic carbocycles. The molecule has 0 aromatic heterocycles. The molecule has 1 aliphatic heterocycles. The molecule has 0 saturated carbocycles. The number of nitrogens with one attached hydrogen (secondary N) is 1. The Balaban J connectivity index is 2.43. The van der Waals surface area contributed by atoms with E-state index in [0.717, 1.165) is 5.75 Å². The summed E-state index contributed by atoms with van der Waals surface area (Å²) in [7, 11) is 1.75. The van der Waals surface area contributed by atoms with Crippen molar-refractivity contribution in [3.63, 3.8) is 0 Å². The predicted molar refractivity (Wildman–Crippen MR) is 78.5 cm³/mol. The van der Waals surface area contributed by atoms with Crippen LogP contribution in [0, 0.1) is 5.92 Å². The molecule has 0 spiro atoms. The third kappa shape index (κ3) is 2.52. The highest BCUT2D eigenvalue weighted by atomic mass is 32.2. The van der Waals surface area contributed by atoms with Crippen LogP contribution in [0.15, 0.2) is 23.1 Å². The van der Waals surface area contributed by atoms with Crippen LogP contribution in [0.1, 0.15) is 39.3 Å². The minimum atomic E-state index is 0.423. The van der Waals surface area contributed by atoms with Crippen molar-refractivity contribution >= 4 is 11.8 Å². The number of thioether (sulfide) groups is 1. The SMILES string of the molecule is COc1cccc2c1SC(C)C(C)C2NC(C)C. The Bertz CT molecular complexity index is 419. The smallest absolute Gasteiger partial charge is 0.132 e. The Hall–Kier alpha value is -0.670. The van der Waals surface area contributed by atoms with Crippen LogP contribution in [0.5, 0.6) is 5.75 Å². The number of hydrogen-bond acceptors (Lipinski definition) is 3. The van der Waals surface area contributed by atoms with Crippen LogP contribution in [0.25, 0.3) is 0 Å². The lowest BCUT2D eigenvalue weighted by Gasteiger charge is -2.37. The Morgan fingerprint density at radius 2 is 2.00 bits per heavy atom. The maximum absolute atomic E-state index is 5.50. The van der Waals surface area contributed by atoms with Gasteiger partial charge in [-0.25, -0.2) is 0 Å². The zero-order valence-electron chi connectivity index (χ0n) is 11.9. The van der Waals surface area contributed by atoms with Crippen molar-refractivity contribution in [1.82, 2.24) is 5.32 Å². The maximum atomic E-state index is 5.50.